The van der Waals surface area contributed by atoms with Gasteiger partial charge in [-0.15, -0.1) is 11.3 Å². The first-order valence-electron chi connectivity index (χ1n) is 7.93. The summed E-state index contributed by atoms with van der Waals surface area (Å²) in [5, 5.41) is 6.91. The van der Waals surface area contributed by atoms with Crippen LogP contribution in [0.25, 0.3) is 11.3 Å². The molecule has 0 bridgehead atoms. The fraction of sp³-hybridized carbons (Fsp3) is 0.500. The lowest BCUT2D eigenvalue weighted by Gasteiger charge is -2.03. The number of nitrogens with zero attached hydrogens (tertiary/aromatic N) is 1. The average molecular weight is 302 g/mol. The summed E-state index contributed by atoms with van der Waals surface area (Å²) in [4.78, 5) is 4.76. The van der Waals surface area contributed by atoms with Crippen molar-refractivity contribution in [1.82, 2.24) is 10.3 Å². The Labute approximate surface area is 132 Å². The monoisotopic (exact) mass is 302 g/mol. The lowest BCUT2D eigenvalue weighted by molar-refractivity contribution is 0.616. The van der Waals surface area contributed by atoms with Crippen LogP contribution in [0.5, 0.6) is 0 Å². The van der Waals surface area contributed by atoms with Crippen molar-refractivity contribution in [2.75, 3.05) is 13.1 Å². The Hall–Kier alpha value is -1.19. The van der Waals surface area contributed by atoms with Gasteiger partial charge in [-0.05, 0) is 44.0 Å². The zero-order chi connectivity index (χ0) is 15.1. The molecule has 0 saturated heterocycles. The Bertz CT molecular complexity index is 560. The predicted octanol–water partition coefficient (Wildman–Crippen LogP) is 4.75. The van der Waals surface area contributed by atoms with Crippen LogP contribution in [0.15, 0.2) is 23.6 Å². The lowest BCUT2D eigenvalue weighted by Crippen LogP contribution is -2.18. The number of hydrogen-bond donors (Lipinski definition) is 1. The minimum absolute atomic E-state index is 1.03. The van der Waals surface area contributed by atoms with E-state index in [1.807, 2.05) is 0 Å². The summed E-state index contributed by atoms with van der Waals surface area (Å²) < 4.78 is 0. The van der Waals surface area contributed by atoms with Gasteiger partial charge in [-0.2, -0.15) is 0 Å². The molecule has 2 nitrogen and oxygen atoms in total. The smallest absolute Gasteiger partial charge is 0.0945 e. The first-order chi connectivity index (χ1) is 10.2. The normalized spacial score (nSPS) is 11.0. The SMILES string of the molecule is CCCCCNCCc1nc(-c2ccc(C)c(C)c2)cs1. The second-order valence-corrected chi connectivity index (χ2v) is 6.58. The summed E-state index contributed by atoms with van der Waals surface area (Å²) in [5.41, 5.74) is 5.02. The highest BCUT2D eigenvalue weighted by molar-refractivity contribution is 7.09. The maximum atomic E-state index is 4.76. The highest BCUT2D eigenvalue weighted by Gasteiger charge is 2.05. The van der Waals surface area contributed by atoms with E-state index in [1.165, 1.54) is 41.0 Å². The second-order valence-electron chi connectivity index (χ2n) is 5.63. The van der Waals surface area contributed by atoms with Crippen LogP contribution in [0.4, 0.5) is 0 Å². The minimum Gasteiger partial charge on any atom is -0.316 e. The third kappa shape index (κ3) is 4.94. The van der Waals surface area contributed by atoms with Crippen molar-refractivity contribution in [3.63, 3.8) is 0 Å². The molecule has 0 spiro atoms. The van der Waals surface area contributed by atoms with Gasteiger partial charge in [0.05, 0.1) is 10.7 Å². The van der Waals surface area contributed by atoms with E-state index in [4.69, 9.17) is 4.98 Å². The first kappa shape index (κ1) is 16.2. The van der Waals surface area contributed by atoms with Gasteiger partial charge in [-0.3, -0.25) is 0 Å². The van der Waals surface area contributed by atoms with Crippen LogP contribution >= 0.6 is 11.3 Å². The summed E-state index contributed by atoms with van der Waals surface area (Å²) in [6.45, 7) is 8.71. The topological polar surface area (TPSA) is 24.9 Å². The molecule has 0 fully saturated rings. The van der Waals surface area contributed by atoms with Crippen molar-refractivity contribution in [1.29, 1.82) is 0 Å². The van der Waals surface area contributed by atoms with Gasteiger partial charge < -0.3 is 5.32 Å². The van der Waals surface area contributed by atoms with Gasteiger partial charge in [-0.1, -0.05) is 31.9 Å². The fourth-order valence-electron chi connectivity index (χ4n) is 2.28. The molecule has 2 aromatic rings. The fourth-order valence-corrected chi connectivity index (χ4v) is 3.09. The molecule has 0 saturated carbocycles. The molecule has 2 rings (SSSR count). The van der Waals surface area contributed by atoms with E-state index >= 15 is 0 Å². The number of benzene rings is 1. The van der Waals surface area contributed by atoms with Crippen LogP contribution in [-0.2, 0) is 6.42 Å². The van der Waals surface area contributed by atoms with E-state index in [0.29, 0.717) is 0 Å². The number of aromatic nitrogens is 1. The highest BCUT2D eigenvalue weighted by atomic mass is 32.1. The Morgan fingerprint density at radius 2 is 1.95 bits per heavy atom. The molecule has 0 atom stereocenters. The number of rotatable bonds is 8. The summed E-state index contributed by atoms with van der Waals surface area (Å²) in [7, 11) is 0. The third-order valence-corrected chi connectivity index (χ3v) is 4.74. The number of nitrogens with one attached hydrogen (secondary N) is 1. The third-order valence-electron chi connectivity index (χ3n) is 3.83. The van der Waals surface area contributed by atoms with Gasteiger partial charge in [0.1, 0.15) is 0 Å². The molecule has 0 amide bonds. The van der Waals surface area contributed by atoms with E-state index in [-0.39, 0.29) is 0 Å². The second kappa shape index (κ2) is 8.30. The molecule has 1 N–H and O–H groups in total. The number of hydrogen-bond acceptors (Lipinski definition) is 3. The summed E-state index contributed by atoms with van der Waals surface area (Å²) in [5.74, 6) is 0. The van der Waals surface area contributed by atoms with Gasteiger partial charge in [-0.25, -0.2) is 4.98 Å². The Kier molecular flexibility index (Phi) is 6.40. The van der Waals surface area contributed by atoms with Crippen molar-refractivity contribution in [3.8, 4) is 11.3 Å². The molecule has 21 heavy (non-hydrogen) atoms. The summed E-state index contributed by atoms with van der Waals surface area (Å²) in [6, 6.07) is 6.58. The molecule has 3 heteroatoms. The molecule has 1 aromatic heterocycles. The molecule has 1 heterocycles. The Balaban J connectivity index is 1.85. The molecular weight excluding hydrogens is 276 g/mol. The molecule has 0 radical (unpaired) electrons. The van der Waals surface area contributed by atoms with Gasteiger partial charge in [0, 0.05) is 23.9 Å². The minimum atomic E-state index is 1.03. The quantitative estimate of drug-likeness (QED) is 0.712. The maximum Gasteiger partial charge on any atom is 0.0945 e. The summed E-state index contributed by atoms with van der Waals surface area (Å²) >= 11 is 1.77. The molecule has 114 valence electrons. The van der Waals surface area contributed by atoms with Crippen LogP contribution in [0.2, 0.25) is 0 Å². The van der Waals surface area contributed by atoms with E-state index in [0.717, 1.165) is 25.2 Å². The zero-order valence-corrected chi connectivity index (χ0v) is 14.2. The van der Waals surface area contributed by atoms with Crippen LogP contribution in [0, 0.1) is 13.8 Å². The predicted molar refractivity (Wildman–Crippen MR) is 93.1 cm³/mol. The maximum absolute atomic E-state index is 4.76. The highest BCUT2D eigenvalue weighted by Crippen LogP contribution is 2.24. The summed E-state index contributed by atoms with van der Waals surface area (Å²) in [6.07, 6.45) is 4.92. The van der Waals surface area contributed by atoms with Crippen LogP contribution in [-0.4, -0.2) is 18.1 Å². The van der Waals surface area contributed by atoms with Crippen molar-refractivity contribution in [2.24, 2.45) is 0 Å². The van der Waals surface area contributed by atoms with Crippen molar-refractivity contribution in [3.05, 3.63) is 39.7 Å². The number of thiazole rings is 1. The van der Waals surface area contributed by atoms with E-state index in [1.54, 1.807) is 11.3 Å². The van der Waals surface area contributed by atoms with E-state index in [9.17, 15) is 0 Å². The van der Waals surface area contributed by atoms with Crippen molar-refractivity contribution in [2.45, 2.75) is 46.5 Å². The average Bonchev–Trinajstić information content (AvgIpc) is 2.94. The van der Waals surface area contributed by atoms with Crippen molar-refractivity contribution >= 4 is 11.3 Å². The standard InChI is InChI=1S/C18H26N2S/c1-4-5-6-10-19-11-9-18-20-17(13-21-18)16-8-7-14(2)15(3)12-16/h7-8,12-13,19H,4-6,9-11H2,1-3H3. The van der Waals surface area contributed by atoms with Crippen LogP contribution in [0.1, 0.15) is 42.3 Å². The molecule has 0 aliphatic heterocycles. The molecule has 0 aliphatic carbocycles. The van der Waals surface area contributed by atoms with E-state index < -0.39 is 0 Å². The molecule has 0 unspecified atom stereocenters. The molecule has 1 aromatic carbocycles. The van der Waals surface area contributed by atoms with Gasteiger partial charge in [0.15, 0.2) is 0 Å². The Morgan fingerprint density at radius 3 is 2.71 bits per heavy atom. The van der Waals surface area contributed by atoms with Crippen molar-refractivity contribution < 1.29 is 0 Å². The van der Waals surface area contributed by atoms with Crippen LogP contribution < -0.4 is 5.32 Å². The van der Waals surface area contributed by atoms with E-state index in [2.05, 4.69) is 49.7 Å². The lowest BCUT2D eigenvalue weighted by atomic mass is 10.1. The largest absolute Gasteiger partial charge is 0.316 e. The Morgan fingerprint density at radius 1 is 1.10 bits per heavy atom. The molecule has 0 aliphatic rings. The van der Waals surface area contributed by atoms with Gasteiger partial charge in [0.2, 0.25) is 0 Å². The number of unbranched alkanes of at least 4 members (excludes halogenated alkanes) is 2. The zero-order valence-electron chi connectivity index (χ0n) is 13.4. The van der Waals surface area contributed by atoms with Gasteiger partial charge in [0.25, 0.3) is 0 Å². The first-order valence-corrected chi connectivity index (χ1v) is 8.81. The van der Waals surface area contributed by atoms with Crippen LogP contribution in [0.3, 0.4) is 0 Å². The molecular formula is C18H26N2S. The van der Waals surface area contributed by atoms with Gasteiger partial charge >= 0.3 is 0 Å². The number of aryl methyl sites for hydroxylation is 2.